The van der Waals surface area contributed by atoms with Gasteiger partial charge in [-0.05, 0) is 132 Å². The quantitative estimate of drug-likeness (QED) is 0.117. The first-order valence-electron chi connectivity index (χ1n) is 21.7. The molecule has 5 heterocycles. The highest BCUT2D eigenvalue weighted by atomic mass is 32.1. The van der Waals surface area contributed by atoms with Gasteiger partial charge in [0.2, 0.25) is 0 Å². The van der Waals surface area contributed by atoms with Crippen LogP contribution < -0.4 is 16.0 Å². The van der Waals surface area contributed by atoms with Crippen LogP contribution >= 0.6 is 11.3 Å². The minimum atomic E-state index is -1.12. The molecule has 3 aromatic heterocycles. The van der Waals surface area contributed by atoms with E-state index in [9.17, 15) is 9.90 Å². The number of fused-ring (bicyclic) bond motifs is 2. The third kappa shape index (κ3) is 7.86. The number of aliphatic imine (C=N–C) groups is 1. The van der Waals surface area contributed by atoms with Gasteiger partial charge in [0.25, 0.3) is 0 Å². The molecule has 59 heavy (non-hydrogen) atoms. The third-order valence-electron chi connectivity index (χ3n) is 13.9. The fraction of sp³-hybridized carbons (Fsp3) is 0.565. The third-order valence-corrected chi connectivity index (χ3v) is 14.9. The van der Waals surface area contributed by atoms with E-state index in [2.05, 4.69) is 40.3 Å². The van der Waals surface area contributed by atoms with Crippen LogP contribution in [-0.4, -0.2) is 86.8 Å². The number of carboxylic acids is 1. The summed E-state index contributed by atoms with van der Waals surface area (Å²) in [7, 11) is 0. The van der Waals surface area contributed by atoms with E-state index in [1.807, 2.05) is 49.1 Å². The van der Waals surface area contributed by atoms with E-state index in [0.717, 1.165) is 90.3 Å². The zero-order chi connectivity index (χ0) is 41.0. The fourth-order valence-corrected chi connectivity index (χ4v) is 13.5. The van der Waals surface area contributed by atoms with Crippen LogP contribution in [0.25, 0.3) is 15.8 Å². The van der Waals surface area contributed by atoms with Crippen LogP contribution in [0.15, 0.2) is 47.6 Å². The molecular weight excluding hydrogens is 759 g/mol. The maximum Gasteiger partial charge on any atom is 0.355 e. The van der Waals surface area contributed by atoms with Gasteiger partial charge in [-0.25, -0.2) is 14.8 Å². The van der Waals surface area contributed by atoms with Crippen LogP contribution in [0.1, 0.15) is 119 Å². The Morgan fingerprint density at radius 2 is 1.73 bits per heavy atom. The monoisotopic (exact) mass is 817 g/mol. The summed E-state index contributed by atoms with van der Waals surface area (Å²) in [6.07, 6.45) is 15.3. The number of hydrogen-bond acceptors (Lipinski definition) is 12. The number of benzene rings is 1. The van der Waals surface area contributed by atoms with E-state index in [1.54, 1.807) is 11.3 Å². The van der Waals surface area contributed by atoms with Gasteiger partial charge in [-0.1, -0.05) is 50.2 Å². The van der Waals surface area contributed by atoms with E-state index in [1.165, 1.54) is 51.4 Å². The molecule has 0 radical (unpaired) electrons. The Kier molecular flexibility index (Phi) is 10.5. The summed E-state index contributed by atoms with van der Waals surface area (Å²) in [6.45, 7) is 14.5. The van der Waals surface area contributed by atoms with Gasteiger partial charge in [0.05, 0.1) is 22.4 Å². The lowest BCUT2D eigenvalue weighted by Crippen LogP contribution is -2.64. The molecule has 2 atom stereocenters. The molecule has 4 bridgehead atoms. The Bertz CT molecular complexity index is 2260. The van der Waals surface area contributed by atoms with Crippen molar-refractivity contribution < 1.29 is 14.6 Å². The Labute approximate surface area is 351 Å². The molecule has 4 aliphatic carbocycles. The molecular formula is C46H59N9O3S. The summed E-state index contributed by atoms with van der Waals surface area (Å²) in [5, 5.41) is 24.0. The summed E-state index contributed by atoms with van der Waals surface area (Å²) in [5.74, 6) is 0.739. The predicted molar refractivity (Wildman–Crippen MR) is 236 cm³/mol. The van der Waals surface area contributed by atoms with Crippen molar-refractivity contribution in [2.75, 3.05) is 49.5 Å². The highest BCUT2D eigenvalue weighted by molar-refractivity contribution is 7.22. The molecule has 4 N–H and O–H groups in total. The molecule has 1 saturated heterocycles. The molecule has 13 heteroatoms. The molecule has 2 aliphatic heterocycles. The topological polar surface area (TPSA) is 155 Å². The minimum Gasteiger partial charge on any atom is -0.476 e. The first kappa shape index (κ1) is 40.0. The van der Waals surface area contributed by atoms with Crippen molar-refractivity contribution in [3.8, 4) is 0 Å². The van der Waals surface area contributed by atoms with Gasteiger partial charge in [-0.15, -0.1) is 10.2 Å². The summed E-state index contributed by atoms with van der Waals surface area (Å²) in [6, 6.07) is 11.7. The number of hydrogen-bond donors (Lipinski definition) is 3. The van der Waals surface area contributed by atoms with Crippen molar-refractivity contribution in [1.82, 2.24) is 25.1 Å². The van der Waals surface area contributed by atoms with Gasteiger partial charge in [0, 0.05) is 53.8 Å². The number of ether oxygens (including phenoxy) is 1. The lowest BCUT2D eigenvalue weighted by molar-refractivity contribution is -0.242. The van der Waals surface area contributed by atoms with E-state index in [4.69, 9.17) is 25.4 Å². The van der Waals surface area contributed by atoms with E-state index < -0.39 is 5.97 Å². The molecule has 6 aliphatic rings. The van der Waals surface area contributed by atoms with Crippen molar-refractivity contribution in [2.24, 2.45) is 27.0 Å². The lowest BCUT2D eigenvalue weighted by atomic mass is 9.39. The molecule has 4 aromatic rings. The number of para-hydroxylation sites is 1. The van der Waals surface area contributed by atoms with Gasteiger partial charge in [-0.2, -0.15) is 0 Å². The number of pyridine rings is 1. The molecule has 5 fully saturated rings. The van der Waals surface area contributed by atoms with Gasteiger partial charge < -0.3 is 30.7 Å². The van der Waals surface area contributed by atoms with Crippen LogP contribution in [0.5, 0.6) is 0 Å². The molecule has 0 amide bonds. The van der Waals surface area contributed by atoms with Crippen molar-refractivity contribution in [3.05, 3.63) is 65.0 Å². The Morgan fingerprint density at radius 3 is 2.46 bits per heavy atom. The average molecular weight is 818 g/mol. The van der Waals surface area contributed by atoms with Crippen molar-refractivity contribution >= 4 is 61.4 Å². The van der Waals surface area contributed by atoms with Gasteiger partial charge >= 0.3 is 5.97 Å². The zero-order valence-corrected chi connectivity index (χ0v) is 36.0. The van der Waals surface area contributed by atoms with Gasteiger partial charge in [0.15, 0.2) is 22.5 Å². The second-order valence-corrected chi connectivity index (χ2v) is 20.2. The van der Waals surface area contributed by atoms with E-state index in [-0.39, 0.29) is 27.5 Å². The molecule has 10 rings (SSSR count). The Hall–Kier alpha value is -4.46. The smallest absolute Gasteiger partial charge is 0.355 e. The second-order valence-electron chi connectivity index (χ2n) is 19.2. The zero-order valence-electron chi connectivity index (χ0n) is 35.1. The number of nitrogens with one attached hydrogen (secondary N) is 1. The number of likely N-dealkylation sites (tertiary alicyclic amines) is 1. The minimum absolute atomic E-state index is 0.0319. The van der Waals surface area contributed by atoms with Crippen LogP contribution in [0.4, 0.5) is 22.6 Å². The van der Waals surface area contributed by atoms with Gasteiger partial charge in [0.1, 0.15) is 5.82 Å². The number of nitrogens with zero attached hydrogens (tertiary/aromatic N) is 7. The standard InChI is InChI=1S/C46H59N9O3S/c1-30-32-12-11-19-55(40(32)53-52-39(30)51-42-49-35-13-7-8-14-36(35)59-42)37-16-15-33(38(50-37)41(56)57)34(22-47)31(2)48-29-45-24-43(3)23-44(4,25-45)27-46(26-43,28-45)58-21-20-54-17-9-5-6-10-18-54/h7-8,13-16,22H,5-6,9-12,17-21,23-29,47H2,1-4H3,(H,56,57)(H,49,51,52)/b34-22+,48-31?. The highest BCUT2D eigenvalue weighted by Crippen LogP contribution is 2.71. The van der Waals surface area contributed by atoms with Crippen LogP contribution in [-0.2, 0) is 11.2 Å². The Morgan fingerprint density at radius 1 is 0.966 bits per heavy atom. The number of aromatic carboxylic acids is 1. The molecule has 2 unspecified atom stereocenters. The van der Waals surface area contributed by atoms with E-state index >= 15 is 0 Å². The highest BCUT2D eigenvalue weighted by Gasteiger charge is 2.66. The van der Waals surface area contributed by atoms with E-state index in [0.29, 0.717) is 41.7 Å². The number of allylic oxidation sites excluding steroid dienone is 1. The molecule has 0 spiro atoms. The maximum absolute atomic E-state index is 12.9. The first-order chi connectivity index (χ1) is 28.4. The fourth-order valence-electron chi connectivity index (χ4n) is 12.6. The summed E-state index contributed by atoms with van der Waals surface area (Å²) in [5.41, 5.74) is 11.4. The summed E-state index contributed by atoms with van der Waals surface area (Å²) < 4.78 is 8.14. The summed E-state index contributed by atoms with van der Waals surface area (Å²) >= 11 is 1.57. The summed E-state index contributed by atoms with van der Waals surface area (Å²) in [4.78, 5) is 32.3. The average Bonchev–Trinajstić information content (AvgIpc) is 3.42. The normalized spacial score (nSPS) is 28.5. The number of nitrogens with two attached hydrogens (primary N) is 1. The number of carbonyl (C=O) groups is 1. The molecule has 4 saturated carbocycles. The largest absolute Gasteiger partial charge is 0.476 e. The first-order valence-corrected chi connectivity index (χ1v) is 22.5. The van der Waals surface area contributed by atoms with Crippen LogP contribution in [0.3, 0.4) is 0 Å². The molecule has 312 valence electrons. The SMILES string of the molecule is CC(=NCC12CC3(C)CC(C)(C1)CC(OCCN1CCCCCC1)(C3)C2)/C(=C\N)c1ccc(N2CCCc3c2nnc(Nc2nc4ccccc4s2)c3C)nc1C(=O)O. The van der Waals surface area contributed by atoms with Crippen LogP contribution in [0, 0.1) is 23.2 Å². The van der Waals surface area contributed by atoms with Crippen LogP contribution in [0.2, 0.25) is 0 Å². The van der Waals surface area contributed by atoms with Crippen molar-refractivity contribution in [1.29, 1.82) is 0 Å². The molecule has 12 nitrogen and oxygen atoms in total. The lowest BCUT2D eigenvalue weighted by Gasteiger charge is -2.69. The number of carboxylic acid groups (broad SMARTS) is 1. The second kappa shape index (κ2) is 15.5. The number of thiazole rings is 1. The number of anilines is 4. The number of rotatable bonds is 12. The molecule has 1 aromatic carbocycles. The van der Waals surface area contributed by atoms with Crippen molar-refractivity contribution in [3.63, 3.8) is 0 Å². The predicted octanol–water partition coefficient (Wildman–Crippen LogP) is 9.09. The van der Waals surface area contributed by atoms with Gasteiger partial charge in [-0.3, -0.25) is 4.99 Å². The van der Waals surface area contributed by atoms with Crippen molar-refractivity contribution in [2.45, 2.75) is 110 Å². The number of aromatic nitrogens is 4. The Balaban J connectivity index is 0.936. The maximum atomic E-state index is 12.9.